The van der Waals surface area contributed by atoms with Crippen molar-refractivity contribution in [2.24, 2.45) is 0 Å². The van der Waals surface area contributed by atoms with Crippen LogP contribution in [0.15, 0.2) is 72.8 Å². The maximum absolute atomic E-state index is 13.9. The summed E-state index contributed by atoms with van der Waals surface area (Å²) in [4.78, 5) is 28.7. The molecule has 208 valence electrons. The largest absolute Gasteiger partial charge is 0.352 e. The monoisotopic (exact) mass is 593 g/mol. The van der Waals surface area contributed by atoms with E-state index in [1.54, 1.807) is 13.8 Å². The Morgan fingerprint density at radius 2 is 1.59 bits per heavy atom. The van der Waals surface area contributed by atoms with Crippen molar-refractivity contribution in [1.29, 1.82) is 0 Å². The molecular formula is C28H30Cl2FN3O4S. The van der Waals surface area contributed by atoms with Gasteiger partial charge in [-0.05, 0) is 55.3 Å². The number of amides is 2. The van der Waals surface area contributed by atoms with Crippen molar-refractivity contribution >= 4 is 50.7 Å². The van der Waals surface area contributed by atoms with Crippen LogP contribution in [0.4, 0.5) is 10.1 Å². The minimum Gasteiger partial charge on any atom is -0.352 e. The number of carbonyl (C=O) groups excluding carboxylic acids is 2. The van der Waals surface area contributed by atoms with Gasteiger partial charge >= 0.3 is 0 Å². The van der Waals surface area contributed by atoms with Crippen molar-refractivity contribution in [3.63, 3.8) is 0 Å². The molecule has 0 aliphatic rings. The molecule has 0 heterocycles. The first-order chi connectivity index (χ1) is 18.3. The predicted octanol–water partition coefficient (Wildman–Crippen LogP) is 5.06. The van der Waals surface area contributed by atoms with Crippen molar-refractivity contribution in [3.8, 4) is 0 Å². The number of benzene rings is 3. The van der Waals surface area contributed by atoms with Crippen LogP contribution in [-0.2, 0) is 32.6 Å². The van der Waals surface area contributed by atoms with E-state index in [4.69, 9.17) is 23.2 Å². The van der Waals surface area contributed by atoms with Crippen LogP contribution >= 0.6 is 23.2 Å². The van der Waals surface area contributed by atoms with Gasteiger partial charge < -0.3 is 10.2 Å². The van der Waals surface area contributed by atoms with Crippen LogP contribution in [0.25, 0.3) is 0 Å². The zero-order valence-corrected chi connectivity index (χ0v) is 24.1. The molecule has 39 heavy (non-hydrogen) atoms. The van der Waals surface area contributed by atoms with E-state index < -0.39 is 40.2 Å². The van der Waals surface area contributed by atoms with E-state index in [1.807, 2.05) is 30.3 Å². The van der Waals surface area contributed by atoms with Crippen LogP contribution < -0.4 is 9.62 Å². The van der Waals surface area contributed by atoms with Gasteiger partial charge in [-0.15, -0.1) is 0 Å². The lowest BCUT2D eigenvalue weighted by molar-refractivity contribution is -0.140. The molecule has 0 fully saturated rings. The first-order valence-corrected chi connectivity index (χ1v) is 14.8. The summed E-state index contributed by atoms with van der Waals surface area (Å²) in [5, 5.41) is 3.21. The number of nitrogens with zero attached hydrogens (tertiary/aromatic N) is 2. The van der Waals surface area contributed by atoms with Crippen LogP contribution in [0.5, 0.6) is 0 Å². The standard InChI is InChI=1S/C28H30Cl2FN3O4S/c1-19(2)32-28(36)26(15-20-7-5-4-6-8-20)33(17-21-9-12-23(31)13-10-21)27(35)18-34(39(3,37)38)25-14-11-22(29)16-24(25)30/h4-14,16,19,26H,15,17-18H2,1-3H3,(H,32,36)/t26-/m0/s1. The Bertz CT molecular complexity index is 1400. The number of anilines is 1. The number of hydrogen-bond donors (Lipinski definition) is 1. The number of sulfonamides is 1. The third-order valence-electron chi connectivity index (χ3n) is 5.83. The molecule has 1 N–H and O–H groups in total. The third-order valence-corrected chi connectivity index (χ3v) is 7.49. The summed E-state index contributed by atoms with van der Waals surface area (Å²) in [6.45, 7) is 2.92. The Morgan fingerprint density at radius 1 is 0.949 bits per heavy atom. The smallest absolute Gasteiger partial charge is 0.244 e. The summed E-state index contributed by atoms with van der Waals surface area (Å²) in [5.41, 5.74) is 1.44. The highest BCUT2D eigenvalue weighted by Crippen LogP contribution is 2.30. The van der Waals surface area contributed by atoms with E-state index >= 15 is 0 Å². The van der Waals surface area contributed by atoms with Gasteiger partial charge in [-0.25, -0.2) is 12.8 Å². The molecule has 3 rings (SSSR count). The SMILES string of the molecule is CC(C)NC(=O)[C@H](Cc1ccccc1)N(Cc1ccc(F)cc1)C(=O)CN(c1ccc(Cl)cc1Cl)S(C)(=O)=O. The molecule has 0 spiro atoms. The van der Waals surface area contributed by atoms with Gasteiger partial charge in [-0.2, -0.15) is 0 Å². The second kappa shape index (κ2) is 13.3. The van der Waals surface area contributed by atoms with Gasteiger partial charge in [0.05, 0.1) is 17.0 Å². The molecule has 2 amide bonds. The molecule has 1 atom stereocenters. The van der Waals surface area contributed by atoms with E-state index in [-0.39, 0.29) is 29.7 Å². The molecule has 0 bridgehead atoms. The molecule has 11 heteroatoms. The summed E-state index contributed by atoms with van der Waals surface area (Å²) in [6, 6.07) is 17.8. The Kier molecular flexibility index (Phi) is 10.4. The minimum atomic E-state index is -3.98. The predicted molar refractivity (Wildman–Crippen MR) is 153 cm³/mol. The van der Waals surface area contributed by atoms with E-state index in [2.05, 4.69) is 5.32 Å². The molecule has 7 nitrogen and oxygen atoms in total. The van der Waals surface area contributed by atoms with Gasteiger partial charge in [-0.3, -0.25) is 13.9 Å². The van der Waals surface area contributed by atoms with E-state index in [0.29, 0.717) is 10.6 Å². The molecule has 0 aliphatic carbocycles. The summed E-state index contributed by atoms with van der Waals surface area (Å²) in [5.74, 6) is -1.49. The zero-order chi connectivity index (χ0) is 28.7. The van der Waals surface area contributed by atoms with E-state index in [1.165, 1.54) is 47.4 Å². The zero-order valence-electron chi connectivity index (χ0n) is 21.8. The van der Waals surface area contributed by atoms with Gasteiger partial charge in [0.1, 0.15) is 18.4 Å². The van der Waals surface area contributed by atoms with Gasteiger partial charge in [0.15, 0.2) is 0 Å². The molecule has 0 saturated carbocycles. The highest BCUT2D eigenvalue weighted by atomic mass is 35.5. The van der Waals surface area contributed by atoms with Crippen molar-refractivity contribution in [2.45, 2.75) is 38.9 Å². The molecular weight excluding hydrogens is 564 g/mol. The van der Waals surface area contributed by atoms with Crippen molar-refractivity contribution in [3.05, 3.63) is 99.8 Å². The highest BCUT2D eigenvalue weighted by molar-refractivity contribution is 7.92. The first kappa shape index (κ1) is 30.4. The van der Waals surface area contributed by atoms with E-state index in [0.717, 1.165) is 16.1 Å². The number of hydrogen-bond acceptors (Lipinski definition) is 4. The number of rotatable bonds is 11. The lowest BCUT2D eigenvalue weighted by atomic mass is 10.0. The maximum atomic E-state index is 13.9. The lowest BCUT2D eigenvalue weighted by Crippen LogP contribution is -2.54. The Labute approximate surface area is 238 Å². The summed E-state index contributed by atoms with van der Waals surface area (Å²) >= 11 is 12.3. The molecule has 3 aromatic carbocycles. The Hall–Kier alpha value is -3.14. The van der Waals surface area contributed by atoms with Crippen molar-refractivity contribution < 1.29 is 22.4 Å². The highest BCUT2D eigenvalue weighted by Gasteiger charge is 2.33. The number of carbonyl (C=O) groups is 2. The van der Waals surface area contributed by atoms with Crippen molar-refractivity contribution in [1.82, 2.24) is 10.2 Å². The number of halogens is 3. The van der Waals surface area contributed by atoms with Crippen LogP contribution in [0.2, 0.25) is 10.0 Å². The first-order valence-electron chi connectivity index (χ1n) is 12.2. The molecule has 0 aromatic heterocycles. The average Bonchev–Trinajstić information content (AvgIpc) is 2.85. The van der Waals surface area contributed by atoms with Crippen molar-refractivity contribution in [2.75, 3.05) is 17.1 Å². The normalized spacial score (nSPS) is 12.2. The van der Waals surface area contributed by atoms with Crippen LogP contribution in [0.3, 0.4) is 0 Å². The van der Waals surface area contributed by atoms with Crippen LogP contribution in [0, 0.1) is 5.82 Å². The molecule has 0 saturated heterocycles. The molecule has 0 radical (unpaired) electrons. The van der Waals surface area contributed by atoms with E-state index in [9.17, 15) is 22.4 Å². The number of nitrogens with one attached hydrogen (secondary N) is 1. The average molecular weight is 595 g/mol. The maximum Gasteiger partial charge on any atom is 0.244 e. The van der Waals surface area contributed by atoms with Crippen LogP contribution in [0.1, 0.15) is 25.0 Å². The summed E-state index contributed by atoms with van der Waals surface area (Å²) in [6.07, 6.45) is 1.13. The fourth-order valence-electron chi connectivity index (χ4n) is 4.00. The topological polar surface area (TPSA) is 86.8 Å². The minimum absolute atomic E-state index is 0.0456. The Balaban J connectivity index is 2.07. The fourth-order valence-corrected chi connectivity index (χ4v) is 5.42. The molecule has 0 aliphatic heterocycles. The molecule has 3 aromatic rings. The van der Waals surface area contributed by atoms with Gasteiger partial charge in [0.2, 0.25) is 21.8 Å². The lowest BCUT2D eigenvalue weighted by Gasteiger charge is -2.34. The Morgan fingerprint density at radius 3 is 2.15 bits per heavy atom. The summed E-state index contributed by atoms with van der Waals surface area (Å²) < 4.78 is 40.1. The van der Waals surface area contributed by atoms with Gasteiger partial charge in [0.25, 0.3) is 0 Å². The second-order valence-corrected chi connectivity index (χ2v) is 12.1. The second-order valence-electron chi connectivity index (χ2n) is 9.38. The third kappa shape index (κ3) is 8.68. The molecule has 0 unspecified atom stereocenters. The summed E-state index contributed by atoms with van der Waals surface area (Å²) in [7, 11) is -3.98. The van der Waals surface area contributed by atoms with Gasteiger partial charge in [0, 0.05) is 24.0 Å². The van der Waals surface area contributed by atoms with Gasteiger partial charge in [-0.1, -0.05) is 65.7 Å². The van der Waals surface area contributed by atoms with Crippen LogP contribution in [-0.4, -0.2) is 50.0 Å². The fraction of sp³-hybridized carbons (Fsp3) is 0.286. The quantitative estimate of drug-likeness (QED) is 0.336.